The van der Waals surface area contributed by atoms with E-state index < -0.39 is 0 Å². The molecule has 0 aliphatic heterocycles. The minimum atomic E-state index is -0.269. The molecule has 2 nitrogen and oxygen atoms in total. The van der Waals surface area contributed by atoms with Crippen molar-refractivity contribution in [2.24, 2.45) is 0 Å². The van der Waals surface area contributed by atoms with E-state index in [0.29, 0.717) is 18.6 Å². The number of hydrogen-bond donors (Lipinski definition) is 1. The lowest BCUT2D eigenvalue weighted by atomic mass is 10.0. The Morgan fingerprint density at radius 3 is 1.08 bits per heavy atom. The summed E-state index contributed by atoms with van der Waals surface area (Å²) in [4.78, 5) is 12.0. The minimum Gasteiger partial charge on any atom is -0.393 e. The summed E-state index contributed by atoms with van der Waals surface area (Å²) in [5.74, 6) is 0.355. The average molecular weight is 509 g/mol. The zero-order chi connectivity index (χ0) is 26.4. The van der Waals surface area contributed by atoms with Gasteiger partial charge in [0.2, 0.25) is 0 Å². The van der Waals surface area contributed by atoms with Crippen molar-refractivity contribution in [3.63, 3.8) is 0 Å². The molecule has 0 aromatic rings. The molecule has 216 valence electrons. The number of carbonyl (C=O) groups is 1. The van der Waals surface area contributed by atoms with E-state index >= 15 is 0 Å². The van der Waals surface area contributed by atoms with E-state index in [1.807, 2.05) is 0 Å². The number of unbranched alkanes of at least 4 members (excludes halogenated alkanes) is 24. The van der Waals surface area contributed by atoms with Crippen LogP contribution < -0.4 is 0 Å². The fourth-order valence-corrected chi connectivity index (χ4v) is 5.33. The lowest BCUT2D eigenvalue weighted by Crippen LogP contribution is -2.09. The molecule has 0 aliphatic carbocycles. The summed E-state index contributed by atoms with van der Waals surface area (Å²) in [6.45, 7) is 4.53. The fourth-order valence-electron chi connectivity index (χ4n) is 5.33. The highest BCUT2D eigenvalue weighted by molar-refractivity contribution is 5.78. The highest BCUT2D eigenvalue weighted by Gasteiger charge is 2.08. The molecule has 0 unspecified atom stereocenters. The summed E-state index contributed by atoms with van der Waals surface area (Å²) >= 11 is 0. The number of aliphatic hydroxyl groups excluding tert-OH is 1. The van der Waals surface area contributed by atoms with E-state index in [9.17, 15) is 9.90 Å². The monoisotopic (exact) mass is 509 g/mol. The first kappa shape index (κ1) is 35.6. The van der Waals surface area contributed by atoms with Gasteiger partial charge in [-0.2, -0.15) is 0 Å². The molecule has 0 aromatic heterocycles. The van der Waals surface area contributed by atoms with Gasteiger partial charge in [-0.05, 0) is 19.3 Å². The molecular weight excluding hydrogens is 440 g/mol. The van der Waals surface area contributed by atoms with Gasteiger partial charge in [0.15, 0.2) is 0 Å². The van der Waals surface area contributed by atoms with Gasteiger partial charge in [-0.1, -0.05) is 174 Å². The van der Waals surface area contributed by atoms with E-state index in [1.54, 1.807) is 0 Å². The molecule has 1 atom stereocenters. The zero-order valence-corrected chi connectivity index (χ0v) is 25.1. The maximum Gasteiger partial charge on any atom is 0.133 e. The Labute approximate surface area is 228 Å². The molecule has 0 aromatic carbocycles. The molecule has 1 N–H and O–H groups in total. The van der Waals surface area contributed by atoms with Crippen LogP contribution in [0, 0.1) is 0 Å². The third kappa shape index (κ3) is 29.9. The van der Waals surface area contributed by atoms with Crippen LogP contribution in [0.15, 0.2) is 0 Å². The second-order valence-corrected chi connectivity index (χ2v) is 11.8. The van der Waals surface area contributed by atoms with Crippen LogP contribution in [0.2, 0.25) is 0 Å². The Morgan fingerprint density at radius 1 is 0.417 bits per heavy atom. The Bertz CT molecular complexity index is 419. The Balaban J connectivity index is 3.21. The summed E-state index contributed by atoms with van der Waals surface area (Å²) in [5.41, 5.74) is 0. The number of ketones is 1. The van der Waals surface area contributed by atoms with E-state index in [1.165, 1.54) is 154 Å². The SMILES string of the molecule is CCCCCCCCCCCCCCCCCCCCCC[C@H](O)CCC(=O)CCCCCCCC. The van der Waals surface area contributed by atoms with Crippen LogP contribution in [0.3, 0.4) is 0 Å². The second-order valence-electron chi connectivity index (χ2n) is 11.8. The summed E-state index contributed by atoms with van der Waals surface area (Å²) in [6.07, 6.45) is 38.0. The van der Waals surface area contributed by atoms with Crippen molar-refractivity contribution in [1.82, 2.24) is 0 Å². The minimum absolute atomic E-state index is 0.269. The number of carbonyl (C=O) groups excluding carboxylic acids is 1. The van der Waals surface area contributed by atoms with Crippen LogP contribution >= 0.6 is 0 Å². The Morgan fingerprint density at radius 2 is 0.722 bits per heavy atom. The number of rotatable bonds is 31. The predicted octanol–water partition coefficient (Wildman–Crippen LogP) is 11.7. The van der Waals surface area contributed by atoms with Gasteiger partial charge in [0.1, 0.15) is 5.78 Å². The van der Waals surface area contributed by atoms with Crippen molar-refractivity contribution >= 4 is 5.78 Å². The van der Waals surface area contributed by atoms with Crippen molar-refractivity contribution in [2.45, 2.75) is 213 Å². The highest BCUT2D eigenvalue weighted by atomic mass is 16.3. The molecule has 0 spiro atoms. The maximum atomic E-state index is 12.0. The molecular formula is C34H68O2. The van der Waals surface area contributed by atoms with E-state index in [2.05, 4.69) is 13.8 Å². The lowest BCUT2D eigenvalue weighted by Gasteiger charge is -2.10. The first-order valence-corrected chi connectivity index (χ1v) is 16.9. The van der Waals surface area contributed by atoms with Gasteiger partial charge in [-0.25, -0.2) is 0 Å². The van der Waals surface area contributed by atoms with Gasteiger partial charge in [0.25, 0.3) is 0 Å². The van der Waals surface area contributed by atoms with Crippen molar-refractivity contribution in [2.75, 3.05) is 0 Å². The first-order valence-electron chi connectivity index (χ1n) is 16.9. The van der Waals surface area contributed by atoms with E-state index in [4.69, 9.17) is 0 Å². The van der Waals surface area contributed by atoms with Gasteiger partial charge >= 0.3 is 0 Å². The number of hydrogen-bond acceptors (Lipinski definition) is 2. The molecule has 0 saturated heterocycles. The maximum absolute atomic E-state index is 12.0. The van der Waals surface area contributed by atoms with E-state index in [-0.39, 0.29) is 6.10 Å². The largest absolute Gasteiger partial charge is 0.393 e. The zero-order valence-electron chi connectivity index (χ0n) is 25.1. The summed E-state index contributed by atoms with van der Waals surface area (Å²) in [5, 5.41) is 10.2. The Kier molecular flexibility index (Phi) is 30.5. The molecule has 0 heterocycles. The third-order valence-electron chi connectivity index (χ3n) is 7.96. The molecule has 0 rings (SSSR count). The smallest absolute Gasteiger partial charge is 0.133 e. The van der Waals surface area contributed by atoms with Crippen molar-refractivity contribution in [3.05, 3.63) is 0 Å². The third-order valence-corrected chi connectivity index (χ3v) is 7.96. The van der Waals surface area contributed by atoms with Crippen LogP contribution in [0.1, 0.15) is 206 Å². The van der Waals surface area contributed by atoms with Crippen LogP contribution in [0.5, 0.6) is 0 Å². The normalized spacial score (nSPS) is 12.3. The van der Waals surface area contributed by atoms with Crippen LogP contribution in [0.25, 0.3) is 0 Å². The van der Waals surface area contributed by atoms with E-state index in [0.717, 1.165) is 25.7 Å². The Hall–Kier alpha value is -0.370. The lowest BCUT2D eigenvalue weighted by molar-refractivity contribution is -0.119. The topological polar surface area (TPSA) is 37.3 Å². The summed E-state index contributed by atoms with van der Waals surface area (Å²) in [7, 11) is 0. The van der Waals surface area contributed by atoms with Crippen LogP contribution in [-0.2, 0) is 4.79 Å². The molecule has 0 saturated carbocycles. The predicted molar refractivity (Wildman–Crippen MR) is 161 cm³/mol. The van der Waals surface area contributed by atoms with Gasteiger partial charge in [0.05, 0.1) is 6.10 Å². The molecule has 0 amide bonds. The summed E-state index contributed by atoms with van der Waals surface area (Å²) < 4.78 is 0. The summed E-state index contributed by atoms with van der Waals surface area (Å²) in [6, 6.07) is 0. The molecule has 0 aliphatic rings. The first-order chi connectivity index (χ1) is 17.7. The standard InChI is InChI=1S/C34H68O2/c1-3-5-7-9-11-12-13-14-15-16-17-18-19-20-21-22-23-24-26-28-30-34(36)32-31-33(35)29-27-25-10-8-6-4-2/h34,36H,3-32H2,1-2H3/t34-/m0/s1. The number of Topliss-reactive ketones (excluding diaryl/α,β-unsaturated/α-hetero) is 1. The van der Waals surface area contributed by atoms with Crippen LogP contribution in [-0.4, -0.2) is 17.0 Å². The van der Waals surface area contributed by atoms with Crippen molar-refractivity contribution in [1.29, 1.82) is 0 Å². The molecule has 0 fully saturated rings. The average Bonchev–Trinajstić information content (AvgIpc) is 2.88. The fraction of sp³-hybridized carbons (Fsp3) is 0.971. The number of aliphatic hydroxyl groups is 1. The van der Waals surface area contributed by atoms with Crippen LogP contribution in [0.4, 0.5) is 0 Å². The van der Waals surface area contributed by atoms with Gasteiger partial charge < -0.3 is 5.11 Å². The quantitative estimate of drug-likeness (QED) is 0.0945. The molecule has 0 bridgehead atoms. The second kappa shape index (κ2) is 30.9. The van der Waals surface area contributed by atoms with Gasteiger partial charge in [-0.15, -0.1) is 0 Å². The molecule has 36 heavy (non-hydrogen) atoms. The molecule has 0 radical (unpaired) electrons. The van der Waals surface area contributed by atoms with Gasteiger partial charge in [-0.3, -0.25) is 4.79 Å². The van der Waals surface area contributed by atoms with Crippen molar-refractivity contribution < 1.29 is 9.90 Å². The van der Waals surface area contributed by atoms with Gasteiger partial charge in [0, 0.05) is 12.8 Å². The highest BCUT2D eigenvalue weighted by Crippen LogP contribution is 2.16. The van der Waals surface area contributed by atoms with Crippen molar-refractivity contribution in [3.8, 4) is 0 Å². The molecule has 2 heteroatoms.